The van der Waals surface area contributed by atoms with Crippen LogP contribution in [0.2, 0.25) is 0 Å². The van der Waals surface area contributed by atoms with Gasteiger partial charge in [-0.25, -0.2) is 0 Å². The number of carbonyl (C=O) groups excluding carboxylic acids is 1. The fourth-order valence-electron chi connectivity index (χ4n) is 4.55. The number of rotatable bonds is 6. The Morgan fingerprint density at radius 3 is 2.50 bits per heavy atom. The molecular weight excluding hydrogens is 374 g/mol. The van der Waals surface area contributed by atoms with Gasteiger partial charge in [-0.2, -0.15) is 0 Å². The van der Waals surface area contributed by atoms with Crippen molar-refractivity contribution in [1.82, 2.24) is 4.90 Å². The number of benzene rings is 2. The number of aldehydes is 1. The van der Waals surface area contributed by atoms with Crippen LogP contribution in [0.4, 0.5) is 5.69 Å². The van der Waals surface area contributed by atoms with Crippen molar-refractivity contribution in [3.8, 4) is 0 Å². The molecule has 0 aromatic heterocycles. The SMILES string of the molecule is CC(C)(C)c1cccc(C2(N3C[C@H]([C@@H](N)Cc4ccc(N)cc4)OC3C=O)CC2)c1. The molecule has 1 saturated heterocycles. The van der Waals surface area contributed by atoms with E-state index in [-0.39, 0.29) is 23.1 Å². The van der Waals surface area contributed by atoms with Crippen molar-refractivity contribution in [3.05, 3.63) is 65.2 Å². The molecule has 2 aromatic rings. The number of hydrogen-bond donors (Lipinski definition) is 2. The fourth-order valence-corrected chi connectivity index (χ4v) is 4.55. The molecule has 3 atom stereocenters. The molecule has 5 nitrogen and oxygen atoms in total. The van der Waals surface area contributed by atoms with Gasteiger partial charge in [-0.05, 0) is 53.5 Å². The lowest BCUT2D eigenvalue weighted by Gasteiger charge is -2.31. The van der Waals surface area contributed by atoms with E-state index in [4.69, 9.17) is 16.2 Å². The number of anilines is 1. The highest BCUT2D eigenvalue weighted by atomic mass is 16.5. The minimum absolute atomic E-state index is 0.0849. The Hall–Kier alpha value is -2.21. The summed E-state index contributed by atoms with van der Waals surface area (Å²) in [5.74, 6) is 0. The van der Waals surface area contributed by atoms with Crippen LogP contribution in [0.1, 0.15) is 50.3 Å². The van der Waals surface area contributed by atoms with E-state index in [1.165, 1.54) is 11.1 Å². The Morgan fingerprint density at radius 2 is 1.90 bits per heavy atom. The van der Waals surface area contributed by atoms with E-state index < -0.39 is 6.23 Å². The number of hydrogen-bond acceptors (Lipinski definition) is 5. The molecule has 1 aliphatic carbocycles. The predicted molar refractivity (Wildman–Crippen MR) is 120 cm³/mol. The van der Waals surface area contributed by atoms with Gasteiger partial charge in [-0.1, -0.05) is 57.2 Å². The van der Waals surface area contributed by atoms with Crippen LogP contribution in [-0.2, 0) is 26.9 Å². The second-order valence-electron chi connectivity index (χ2n) is 9.83. The molecule has 0 radical (unpaired) electrons. The minimum atomic E-state index is -0.548. The molecule has 0 amide bonds. The smallest absolute Gasteiger partial charge is 0.168 e. The van der Waals surface area contributed by atoms with Crippen LogP contribution in [0.15, 0.2) is 48.5 Å². The molecule has 2 aromatic carbocycles. The van der Waals surface area contributed by atoms with Crippen LogP contribution in [0.5, 0.6) is 0 Å². The summed E-state index contributed by atoms with van der Waals surface area (Å²) >= 11 is 0. The molecule has 4 rings (SSSR count). The monoisotopic (exact) mass is 407 g/mol. The summed E-state index contributed by atoms with van der Waals surface area (Å²) in [6.07, 6.45) is 2.96. The van der Waals surface area contributed by atoms with E-state index in [0.29, 0.717) is 13.0 Å². The van der Waals surface area contributed by atoms with Crippen LogP contribution in [0, 0.1) is 0 Å². The van der Waals surface area contributed by atoms with E-state index >= 15 is 0 Å². The Labute approximate surface area is 179 Å². The Balaban J connectivity index is 1.53. The highest BCUT2D eigenvalue weighted by Gasteiger charge is 2.55. The second kappa shape index (κ2) is 7.80. The summed E-state index contributed by atoms with van der Waals surface area (Å²) in [6, 6.07) is 16.4. The predicted octanol–water partition coefficient (Wildman–Crippen LogP) is 3.35. The van der Waals surface area contributed by atoms with Crippen molar-refractivity contribution < 1.29 is 9.53 Å². The maximum atomic E-state index is 11.9. The quantitative estimate of drug-likeness (QED) is 0.567. The lowest BCUT2D eigenvalue weighted by molar-refractivity contribution is -0.126. The Kier molecular flexibility index (Phi) is 5.47. The second-order valence-corrected chi connectivity index (χ2v) is 9.83. The van der Waals surface area contributed by atoms with Gasteiger partial charge in [0.25, 0.3) is 0 Å². The molecule has 30 heavy (non-hydrogen) atoms. The van der Waals surface area contributed by atoms with Crippen molar-refractivity contribution in [3.63, 3.8) is 0 Å². The molecular formula is C25H33N3O2. The Bertz CT molecular complexity index is 899. The summed E-state index contributed by atoms with van der Waals surface area (Å²) in [5.41, 5.74) is 16.7. The molecule has 2 aliphatic rings. The van der Waals surface area contributed by atoms with Gasteiger partial charge >= 0.3 is 0 Å². The van der Waals surface area contributed by atoms with Crippen molar-refractivity contribution in [2.24, 2.45) is 5.73 Å². The number of ether oxygens (including phenoxy) is 1. The van der Waals surface area contributed by atoms with Gasteiger partial charge in [-0.15, -0.1) is 0 Å². The van der Waals surface area contributed by atoms with Gasteiger partial charge in [0.05, 0.1) is 6.10 Å². The Morgan fingerprint density at radius 1 is 1.20 bits per heavy atom. The molecule has 1 heterocycles. The topological polar surface area (TPSA) is 81.6 Å². The van der Waals surface area contributed by atoms with E-state index in [0.717, 1.165) is 30.4 Å². The zero-order chi connectivity index (χ0) is 21.5. The number of carbonyl (C=O) groups is 1. The average Bonchev–Trinajstić information content (AvgIpc) is 3.41. The molecule has 0 bridgehead atoms. The van der Waals surface area contributed by atoms with E-state index in [1.54, 1.807) is 0 Å². The number of nitrogens with two attached hydrogens (primary N) is 2. The van der Waals surface area contributed by atoms with Crippen LogP contribution < -0.4 is 11.5 Å². The molecule has 1 unspecified atom stereocenters. The normalized spacial score (nSPS) is 24.5. The molecule has 1 aliphatic heterocycles. The summed E-state index contributed by atoms with van der Waals surface area (Å²) in [5, 5.41) is 0. The summed E-state index contributed by atoms with van der Waals surface area (Å²) in [4.78, 5) is 14.1. The van der Waals surface area contributed by atoms with Gasteiger partial charge in [0.2, 0.25) is 0 Å². The van der Waals surface area contributed by atoms with Crippen molar-refractivity contribution >= 4 is 12.0 Å². The molecule has 160 valence electrons. The van der Waals surface area contributed by atoms with E-state index in [1.807, 2.05) is 24.3 Å². The summed E-state index contributed by atoms with van der Waals surface area (Å²) in [7, 11) is 0. The summed E-state index contributed by atoms with van der Waals surface area (Å²) in [6.45, 7) is 7.35. The van der Waals surface area contributed by atoms with Crippen molar-refractivity contribution in [1.29, 1.82) is 0 Å². The molecule has 1 saturated carbocycles. The first-order valence-electron chi connectivity index (χ1n) is 10.8. The van der Waals surface area contributed by atoms with Crippen molar-refractivity contribution in [2.75, 3.05) is 12.3 Å². The van der Waals surface area contributed by atoms with E-state index in [2.05, 4.69) is 49.9 Å². The van der Waals surface area contributed by atoms with Crippen molar-refractivity contribution in [2.45, 2.75) is 69.4 Å². The third-order valence-electron chi connectivity index (χ3n) is 6.58. The van der Waals surface area contributed by atoms with Crippen LogP contribution in [0.25, 0.3) is 0 Å². The average molecular weight is 408 g/mol. The van der Waals surface area contributed by atoms with Gasteiger partial charge in [0, 0.05) is 23.8 Å². The van der Waals surface area contributed by atoms with Gasteiger partial charge in [-0.3, -0.25) is 9.69 Å². The maximum absolute atomic E-state index is 11.9. The largest absolute Gasteiger partial charge is 0.399 e. The maximum Gasteiger partial charge on any atom is 0.168 e. The van der Waals surface area contributed by atoms with Crippen LogP contribution in [0.3, 0.4) is 0 Å². The zero-order valence-electron chi connectivity index (χ0n) is 18.2. The summed E-state index contributed by atoms with van der Waals surface area (Å²) < 4.78 is 6.13. The zero-order valence-corrected chi connectivity index (χ0v) is 18.2. The number of nitrogen functional groups attached to an aromatic ring is 1. The highest BCUT2D eigenvalue weighted by molar-refractivity contribution is 5.57. The first-order chi connectivity index (χ1) is 14.2. The molecule has 4 N–H and O–H groups in total. The third-order valence-corrected chi connectivity index (χ3v) is 6.58. The van der Waals surface area contributed by atoms with Crippen LogP contribution >= 0.6 is 0 Å². The minimum Gasteiger partial charge on any atom is -0.399 e. The standard InChI is InChI=1S/C25H33N3O2/c1-24(2,3)18-5-4-6-19(14-18)25(11-12-25)28-15-22(30-23(28)16-29)21(27)13-17-7-9-20(26)10-8-17/h4-10,14,16,21-23H,11-13,15,26-27H2,1-3H3/t21-,22+,23?/m0/s1. The molecule has 5 heteroatoms. The lowest BCUT2D eigenvalue weighted by atomic mass is 9.85. The fraction of sp³-hybridized carbons (Fsp3) is 0.480. The van der Waals surface area contributed by atoms with E-state index in [9.17, 15) is 4.79 Å². The lowest BCUT2D eigenvalue weighted by Crippen LogP contribution is -2.42. The molecule has 2 fully saturated rings. The first-order valence-corrected chi connectivity index (χ1v) is 10.8. The van der Waals surface area contributed by atoms with Gasteiger partial charge in [0.15, 0.2) is 12.5 Å². The first kappa shape index (κ1) is 21.0. The third kappa shape index (κ3) is 4.02. The molecule has 0 spiro atoms. The van der Waals surface area contributed by atoms with Gasteiger partial charge < -0.3 is 16.2 Å². The van der Waals surface area contributed by atoms with Gasteiger partial charge in [0.1, 0.15) is 0 Å². The highest BCUT2D eigenvalue weighted by Crippen LogP contribution is 2.53. The number of nitrogens with zero attached hydrogens (tertiary/aromatic N) is 1. The van der Waals surface area contributed by atoms with Crippen LogP contribution in [-0.4, -0.2) is 36.1 Å².